The van der Waals surface area contributed by atoms with Gasteiger partial charge in [-0.15, -0.1) is 0 Å². The average molecular weight is 456 g/mol. The molecule has 2 aliphatic rings. The Bertz CT molecular complexity index is 1090. The number of hydrogen-bond donors (Lipinski definition) is 1. The summed E-state index contributed by atoms with van der Waals surface area (Å²) in [5.74, 6) is 0.0926. The van der Waals surface area contributed by atoms with Crippen molar-refractivity contribution in [1.29, 1.82) is 0 Å². The van der Waals surface area contributed by atoms with Crippen molar-refractivity contribution in [2.24, 2.45) is 0 Å². The number of ether oxygens (including phenoxy) is 1. The van der Waals surface area contributed by atoms with Gasteiger partial charge in [-0.05, 0) is 42.2 Å². The minimum atomic E-state index is -0.461. The molecule has 2 aromatic carbocycles. The van der Waals surface area contributed by atoms with Crippen molar-refractivity contribution >= 4 is 35.3 Å². The lowest BCUT2D eigenvalue weighted by molar-refractivity contribution is -0.384. The van der Waals surface area contributed by atoms with Crippen molar-refractivity contribution < 1.29 is 19.2 Å². The molecule has 9 heteroatoms. The van der Waals surface area contributed by atoms with E-state index in [0.29, 0.717) is 21.9 Å². The number of nitro groups is 1. The summed E-state index contributed by atoms with van der Waals surface area (Å²) in [5.41, 5.74) is 1.50. The first-order valence-corrected chi connectivity index (χ1v) is 10.8. The zero-order valence-corrected chi connectivity index (χ0v) is 18.0. The molecule has 3 amide bonds. The van der Waals surface area contributed by atoms with Crippen molar-refractivity contribution in [3.63, 3.8) is 0 Å². The maximum absolute atomic E-state index is 12.8. The van der Waals surface area contributed by atoms with Crippen molar-refractivity contribution in [1.82, 2.24) is 10.2 Å². The van der Waals surface area contributed by atoms with Gasteiger partial charge in [0.15, 0.2) is 0 Å². The molecule has 1 N–H and O–H groups in total. The van der Waals surface area contributed by atoms with E-state index in [1.807, 2.05) is 0 Å². The smallest absolute Gasteiger partial charge is 0.329 e. The van der Waals surface area contributed by atoms with Gasteiger partial charge in [0.2, 0.25) is 0 Å². The van der Waals surface area contributed by atoms with Gasteiger partial charge in [-0.25, -0.2) is 4.79 Å². The molecule has 2 fully saturated rings. The minimum Gasteiger partial charge on any atom is -0.487 e. The first-order chi connectivity index (χ1) is 15.4. The van der Waals surface area contributed by atoms with E-state index >= 15 is 0 Å². The molecule has 166 valence electrons. The summed E-state index contributed by atoms with van der Waals surface area (Å²) in [5, 5.41) is 13.9. The van der Waals surface area contributed by atoms with Crippen molar-refractivity contribution in [3.05, 3.63) is 74.4 Å². The van der Waals surface area contributed by atoms with E-state index in [9.17, 15) is 19.7 Å². The highest BCUT2D eigenvalue weighted by molar-refractivity contribution is 6.32. The number of nitro benzene ring substituents is 1. The van der Waals surface area contributed by atoms with Crippen molar-refractivity contribution in [2.45, 2.75) is 44.8 Å². The molecule has 1 aliphatic heterocycles. The molecule has 1 aliphatic carbocycles. The van der Waals surface area contributed by atoms with E-state index in [1.54, 1.807) is 36.4 Å². The summed E-state index contributed by atoms with van der Waals surface area (Å²) in [7, 11) is 0. The molecule has 0 spiro atoms. The second kappa shape index (κ2) is 9.40. The fraction of sp³-hybridized carbons (Fsp3) is 0.304. The number of hydrogen-bond acceptors (Lipinski definition) is 5. The van der Waals surface area contributed by atoms with Gasteiger partial charge in [0, 0.05) is 18.2 Å². The number of benzene rings is 2. The van der Waals surface area contributed by atoms with E-state index in [0.717, 1.165) is 32.1 Å². The second-order valence-corrected chi connectivity index (χ2v) is 8.27. The number of carbonyl (C=O) groups excluding carboxylic acids is 2. The van der Waals surface area contributed by atoms with Gasteiger partial charge in [-0.2, -0.15) is 0 Å². The molecule has 2 aromatic rings. The van der Waals surface area contributed by atoms with Crippen LogP contribution in [0.15, 0.2) is 48.2 Å². The normalized spacial score (nSPS) is 18.2. The number of halogens is 1. The fourth-order valence-corrected chi connectivity index (χ4v) is 4.27. The number of non-ortho nitro benzene ring substituents is 1. The first kappa shape index (κ1) is 21.8. The Balaban J connectivity index is 1.44. The molecule has 32 heavy (non-hydrogen) atoms. The van der Waals surface area contributed by atoms with Crippen LogP contribution >= 0.6 is 11.6 Å². The zero-order chi connectivity index (χ0) is 22.7. The largest absolute Gasteiger partial charge is 0.487 e. The molecule has 0 bridgehead atoms. The highest BCUT2D eigenvalue weighted by atomic mass is 35.5. The topological polar surface area (TPSA) is 102 Å². The van der Waals surface area contributed by atoms with Gasteiger partial charge in [-0.1, -0.05) is 49.1 Å². The summed E-state index contributed by atoms with van der Waals surface area (Å²) < 4.78 is 5.70. The monoisotopic (exact) mass is 455 g/mol. The van der Waals surface area contributed by atoms with Crippen molar-refractivity contribution in [2.75, 3.05) is 0 Å². The lowest BCUT2D eigenvalue weighted by Gasteiger charge is -2.28. The molecule has 1 heterocycles. The van der Waals surface area contributed by atoms with Gasteiger partial charge in [0.05, 0.1) is 9.95 Å². The van der Waals surface area contributed by atoms with Gasteiger partial charge in [0.1, 0.15) is 18.1 Å². The molecular formula is C23H22ClN3O5. The lowest BCUT2D eigenvalue weighted by atomic mass is 9.94. The molecule has 0 aromatic heterocycles. The Hall–Kier alpha value is -3.39. The average Bonchev–Trinajstić information content (AvgIpc) is 3.06. The fourth-order valence-electron chi connectivity index (χ4n) is 4.03. The summed E-state index contributed by atoms with van der Waals surface area (Å²) >= 11 is 6.33. The lowest BCUT2D eigenvalue weighted by Crippen LogP contribution is -2.41. The molecule has 0 radical (unpaired) electrons. The van der Waals surface area contributed by atoms with Gasteiger partial charge in [-0.3, -0.25) is 19.8 Å². The zero-order valence-electron chi connectivity index (χ0n) is 17.3. The number of nitrogens with one attached hydrogen (secondary N) is 1. The quantitative estimate of drug-likeness (QED) is 0.284. The van der Waals surface area contributed by atoms with Crippen LogP contribution < -0.4 is 10.1 Å². The van der Waals surface area contributed by atoms with Crippen LogP contribution in [0.25, 0.3) is 6.08 Å². The van der Waals surface area contributed by atoms with E-state index < -0.39 is 4.92 Å². The van der Waals surface area contributed by atoms with E-state index in [-0.39, 0.29) is 36.0 Å². The van der Waals surface area contributed by atoms with E-state index in [4.69, 9.17) is 16.3 Å². The Morgan fingerprint density at radius 3 is 2.66 bits per heavy atom. The van der Waals surface area contributed by atoms with Crippen LogP contribution in [0.1, 0.15) is 43.2 Å². The van der Waals surface area contributed by atoms with Gasteiger partial charge in [0.25, 0.3) is 11.6 Å². The number of urea groups is 1. The van der Waals surface area contributed by atoms with E-state index in [1.165, 1.54) is 17.0 Å². The highest BCUT2D eigenvalue weighted by Crippen LogP contribution is 2.30. The Morgan fingerprint density at radius 1 is 1.16 bits per heavy atom. The summed E-state index contributed by atoms with van der Waals surface area (Å²) in [4.78, 5) is 36.9. The Labute approximate surface area is 190 Å². The third-order valence-electron chi connectivity index (χ3n) is 5.63. The van der Waals surface area contributed by atoms with Crippen molar-refractivity contribution in [3.8, 4) is 5.75 Å². The van der Waals surface area contributed by atoms with Gasteiger partial charge >= 0.3 is 6.03 Å². The minimum absolute atomic E-state index is 0.00952. The van der Waals surface area contributed by atoms with Crippen LogP contribution in [0, 0.1) is 10.1 Å². The Kier molecular flexibility index (Phi) is 6.41. The van der Waals surface area contributed by atoms with Crippen LogP contribution in [0.4, 0.5) is 10.5 Å². The third-order valence-corrected chi connectivity index (χ3v) is 5.93. The second-order valence-electron chi connectivity index (χ2n) is 7.86. The summed E-state index contributed by atoms with van der Waals surface area (Å²) in [6, 6.07) is 10.8. The molecule has 0 unspecified atom stereocenters. The summed E-state index contributed by atoms with van der Waals surface area (Å²) in [6.07, 6.45) is 6.46. The van der Waals surface area contributed by atoms with Crippen LogP contribution in [0.3, 0.4) is 0 Å². The molecular weight excluding hydrogens is 434 g/mol. The maximum atomic E-state index is 12.8. The SMILES string of the molecule is O=C1N/C(=C\c2ccc(OCc3cccc([N+](=O)[O-])c3)c(Cl)c2)C(=O)N1C1CCCCC1. The first-order valence-electron chi connectivity index (χ1n) is 10.4. The molecule has 4 rings (SSSR count). The standard InChI is InChI=1S/C23H22ClN3O5/c24-19-12-15(9-10-21(19)32-14-16-5-4-8-18(11-16)27(30)31)13-20-22(28)26(23(29)25-20)17-6-2-1-3-7-17/h4-5,8-13,17H,1-3,6-7,14H2,(H,25,29)/b20-13-. The van der Waals surface area contributed by atoms with E-state index in [2.05, 4.69) is 5.32 Å². The van der Waals surface area contributed by atoms with Crippen LogP contribution in [0.5, 0.6) is 5.75 Å². The summed E-state index contributed by atoms with van der Waals surface area (Å²) in [6.45, 7) is 0.118. The maximum Gasteiger partial charge on any atom is 0.329 e. The predicted molar refractivity (Wildman–Crippen MR) is 119 cm³/mol. The predicted octanol–water partition coefficient (Wildman–Crippen LogP) is 5.05. The Morgan fingerprint density at radius 2 is 1.94 bits per heavy atom. The third kappa shape index (κ3) is 4.75. The van der Waals surface area contributed by atoms with Crippen LogP contribution in [-0.4, -0.2) is 27.8 Å². The number of rotatable bonds is 6. The number of imide groups is 1. The molecule has 1 saturated carbocycles. The number of nitrogens with zero attached hydrogens (tertiary/aromatic N) is 2. The number of carbonyl (C=O) groups is 2. The molecule has 0 atom stereocenters. The molecule has 8 nitrogen and oxygen atoms in total. The highest BCUT2D eigenvalue weighted by Gasteiger charge is 2.38. The van der Waals surface area contributed by atoms with Crippen LogP contribution in [0.2, 0.25) is 5.02 Å². The van der Waals surface area contributed by atoms with Crippen LogP contribution in [-0.2, 0) is 11.4 Å². The molecule has 1 saturated heterocycles. The van der Waals surface area contributed by atoms with Gasteiger partial charge < -0.3 is 10.1 Å². The number of amides is 3.